The predicted molar refractivity (Wildman–Crippen MR) is 127 cm³/mol. The third kappa shape index (κ3) is 5.30. The number of amides is 1. The lowest BCUT2D eigenvalue weighted by Crippen LogP contribution is -2.47. The number of rotatable bonds is 6. The Balaban J connectivity index is 1.45. The standard InChI is InChI=1S/C23H22BrN5O3/c1-15-23(31)32-11-10-29(15)9-3-6-21(30)27-18-7-8-20-19(13-18)22(26-14-25-20)28-17-5-2-4-16(24)12-17/h2-8,12-15H,9-11H2,1H3,(H,27,30)(H,25,26,28)/t15-/m0/s1. The molecule has 1 saturated heterocycles. The van der Waals surface area contributed by atoms with E-state index in [-0.39, 0.29) is 17.9 Å². The van der Waals surface area contributed by atoms with Gasteiger partial charge in [-0.05, 0) is 43.3 Å². The molecule has 0 saturated carbocycles. The molecule has 0 unspecified atom stereocenters. The van der Waals surface area contributed by atoms with E-state index in [4.69, 9.17) is 4.74 Å². The molecule has 1 fully saturated rings. The number of ether oxygens (including phenoxy) is 1. The largest absolute Gasteiger partial charge is 0.463 e. The predicted octanol–water partition coefficient (Wildman–Crippen LogP) is 3.88. The highest BCUT2D eigenvalue weighted by atomic mass is 79.9. The van der Waals surface area contributed by atoms with Crippen molar-refractivity contribution >= 4 is 55.9 Å². The second-order valence-electron chi connectivity index (χ2n) is 7.32. The van der Waals surface area contributed by atoms with Crippen LogP contribution in [0.1, 0.15) is 6.92 Å². The normalized spacial score (nSPS) is 16.8. The van der Waals surface area contributed by atoms with E-state index in [1.54, 1.807) is 19.1 Å². The first-order valence-corrected chi connectivity index (χ1v) is 10.9. The number of hydrogen-bond donors (Lipinski definition) is 2. The molecule has 1 aliphatic rings. The van der Waals surface area contributed by atoms with E-state index in [2.05, 4.69) is 36.5 Å². The number of nitrogens with one attached hydrogen (secondary N) is 2. The van der Waals surface area contributed by atoms with Crippen molar-refractivity contribution in [2.24, 2.45) is 0 Å². The Morgan fingerprint density at radius 1 is 1.25 bits per heavy atom. The average molecular weight is 496 g/mol. The molecule has 1 amide bonds. The highest BCUT2D eigenvalue weighted by molar-refractivity contribution is 9.10. The minimum Gasteiger partial charge on any atom is -0.463 e. The molecule has 3 aromatic rings. The Kier molecular flexibility index (Phi) is 6.77. The zero-order chi connectivity index (χ0) is 22.5. The lowest BCUT2D eigenvalue weighted by molar-refractivity contribution is -0.155. The molecule has 8 nitrogen and oxygen atoms in total. The summed E-state index contributed by atoms with van der Waals surface area (Å²) in [5, 5.41) is 6.95. The van der Waals surface area contributed by atoms with E-state index in [0.29, 0.717) is 31.2 Å². The highest BCUT2D eigenvalue weighted by Crippen LogP contribution is 2.27. The number of anilines is 3. The molecule has 2 N–H and O–H groups in total. The molecule has 0 bridgehead atoms. The summed E-state index contributed by atoms with van der Waals surface area (Å²) in [4.78, 5) is 34.6. The maximum Gasteiger partial charge on any atom is 0.323 e. The number of morpholine rings is 1. The fourth-order valence-electron chi connectivity index (χ4n) is 3.39. The van der Waals surface area contributed by atoms with Gasteiger partial charge in [0.2, 0.25) is 5.91 Å². The molecule has 1 aromatic heterocycles. The highest BCUT2D eigenvalue weighted by Gasteiger charge is 2.26. The van der Waals surface area contributed by atoms with Crippen molar-refractivity contribution in [2.45, 2.75) is 13.0 Å². The van der Waals surface area contributed by atoms with Gasteiger partial charge < -0.3 is 15.4 Å². The number of hydrogen-bond acceptors (Lipinski definition) is 7. The molecular formula is C23H22BrN5O3. The summed E-state index contributed by atoms with van der Waals surface area (Å²) in [6.45, 7) is 3.32. The Morgan fingerprint density at radius 3 is 2.97 bits per heavy atom. The van der Waals surface area contributed by atoms with E-state index >= 15 is 0 Å². The maximum atomic E-state index is 12.4. The van der Waals surface area contributed by atoms with Crippen LogP contribution < -0.4 is 10.6 Å². The van der Waals surface area contributed by atoms with E-state index in [1.165, 1.54) is 12.4 Å². The van der Waals surface area contributed by atoms with Crippen LogP contribution in [0, 0.1) is 0 Å². The van der Waals surface area contributed by atoms with E-state index in [1.807, 2.05) is 41.3 Å². The summed E-state index contributed by atoms with van der Waals surface area (Å²) in [7, 11) is 0. The second-order valence-corrected chi connectivity index (χ2v) is 8.24. The van der Waals surface area contributed by atoms with Gasteiger partial charge in [0, 0.05) is 40.4 Å². The molecule has 0 radical (unpaired) electrons. The quantitative estimate of drug-likeness (QED) is 0.395. The number of cyclic esters (lactones) is 1. The van der Waals surface area contributed by atoms with Gasteiger partial charge in [-0.15, -0.1) is 0 Å². The minimum atomic E-state index is -0.312. The van der Waals surface area contributed by atoms with Gasteiger partial charge in [0.05, 0.1) is 5.52 Å². The zero-order valence-corrected chi connectivity index (χ0v) is 19.0. The summed E-state index contributed by atoms with van der Waals surface area (Å²) in [6.07, 6.45) is 4.72. The maximum absolute atomic E-state index is 12.4. The Hall–Kier alpha value is -3.30. The number of aromatic nitrogens is 2. The molecule has 2 heterocycles. The van der Waals surface area contributed by atoms with E-state index in [9.17, 15) is 9.59 Å². The van der Waals surface area contributed by atoms with Crippen LogP contribution >= 0.6 is 15.9 Å². The first-order chi connectivity index (χ1) is 15.5. The number of halogens is 1. The zero-order valence-electron chi connectivity index (χ0n) is 17.4. The van der Waals surface area contributed by atoms with Crippen molar-refractivity contribution in [3.05, 3.63) is 65.4 Å². The second kappa shape index (κ2) is 9.88. The molecule has 9 heteroatoms. The van der Waals surface area contributed by atoms with Gasteiger partial charge in [0.25, 0.3) is 0 Å². The van der Waals surface area contributed by atoms with Gasteiger partial charge >= 0.3 is 5.97 Å². The van der Waals surface area contributed by atoms with Crippen LogP contribution in [0.25, 0.3) is 10.9 Å². The number of esters is 1. The summed E-state index contributed by atoms with van der Waals surface area (Å²) in [6, 6.07) is 12.9. The monoisotopic (exact) mass is 495 g/mol. The fourth-order valence-corrected chi connectivity index (χ4v) is 3.79. The number of carbonyl (C=O) groups is 2. The van der Waals surface area contributed by atoms with Crippen molar-refractivity contribution in [2.75, 3.05) is 30.3 Å². The van der Waals surface area contributed by atoms with Crippen LogP contribution in [0.15, 0.2) is 65.4 Å². The van der Waals surface area contributed by atoms with E-state index < -0.39 is 0 Å². The molecule has 164 valence electrons. The van der Waals surface area contributed by atoms with Gasteiger partial charge in [0.1, 0.15) is 24.8 Å². The first-order valence-electron chi connectivity index (χ1n) is 10.1. The van der Waals surface area contributed by atoms with Crippen LogP contribution in [0.5, 0.6) is 0 Å². The lowest BCUT2D eigenvalue weighted by atomic mass is 10.2. The summed E-state index contributed by atoms with van der Waals surface area (Å²) < 4.78 is 5.97. The molecule has 4 rings (SSSR count). The molecule has 1 aliphatic heterocycles. The molecule has 1 atom stereocenters. The molecule has 2 aromatic carbocycles. The van der Waals surface area contributed by atoms with Gasteiger partial charge in [-0.3, -0.25) is 14.5 Å². The van der Waals surface area contributed by atoms with Crippen LogP contribution in [0.2, 0.25) is 0 Å². The third-order valence-corrected chi connectivity index (χ3v) is 5.60. The molecule has 32 heavy (non-hydrogen) atoms. The topological polar surface area (TPSA) is 96.5 Å². The van der Waals surface area contributed by atoms with E-state index in [0.717, 1.165) is 21.1 Å². The van der Waals surface area contributed by atoms with Crippen molar-refractivity contribution in [1.82, 2.24) is 14.9 Å². The van der Waals surface area contributed by atoms with Crippen LogP contribution in [0.3, 0.4) is 0 Å². The number of carbonyl (C=O) groups excluding carboxylic acids is 2. The third-order valence-electron chi connectivity index (χ3n) is 5.11. The molecule has 0 spiro atoms. The van der Waals surface area contributed by atoms with Crippen molar-refractivity contribution < 1.29 is 14.3 Å². The molecule has 0 aliphatic carbocycles. The summed E-state index contributed by atoms with van der Waals surface area (Å²) in [5.41, 5.74) is 2.28. The minimum absolute atomic E-state index is 0.236. The number of benzene rings is 2. The fraction of sp³-hybridized carbons (Fsp3) is 0.217. The van der Waals surface area contributed by atoms with Gasteiger partial charge in [-0.2, -0.15) is 0 Å². The van der Waals surface area contributed by atoms with Gasteiger partial charge in [-0.1, -0.05) is 28.1 Å². The van der Waals surface area contributed by atoms with Crippen LogP contribution in [-0.2, 0) is 14.3 Å². The van der Waals surface area contributed by atoms with Gasteiger partial charge in [0.15, 0.2) is 0 Å². The molecular weight excluding hydrogens is 474 g/mol. The van der Waals surface area contributed by atoms with Crippen LogP contribution in [-0.4, -0.2) is 52.5 Å². The number of nitrogens with zero attached hydrogens (tertiary/aromatic N) is 3. The van der Waals surface area contributed by atoms with Crippen molar-refractivity contribution in [3.8, 4) is 0 Å². The van der Waals surface area contributed by atoms with Crippen LogP contribution in [0.4, 0.5) is 17.2 Å². The smallest absolute Gasteiger partial charge is 0.323 e. The van der Waals surface area contributed by atoms with Crippen molar-refractivity contribution in [3.63, 3.8) is 0 Å². The average Bonchev–Trinajstić information content (AvgIpc) is 2.77. The number of fused-ring (bicyclic) bond motifs is 1. The Bertz CT molecular complexity index is 1180. The SMILES string of the molecule is C[C@H]1C(=O)OCCN1CC=CC(=O)Nc1ccc2ncnc(Nc3cccc(Br)c3)c2c1. The summed E-state index contributed by atoms with van der Waals surface area (Å²) >= 11 is 3.46. The van der Waals surface area contributed by atoms with Gasteiger partial charge in [-0.25, -0.2) is 9.97 Å². The van der Waals surface area contributed by atoms with Crippen molar-refractivity contribution in [1.29, 1.82) is 0 Å². The Labute approximate surface area is 193 Å². The first kappa shape index (κ1) is 21.9. The Morgan fingerprint density at radius 2 is 2.12 bits per heavy atom. The summed E-state index contributed by atoms with van der Waals surface area (Å²) in [5.74, 6) is 0.153. The lowest BCUT2D eigenvalue weighted by Gasteiger charge is -2.30.